The molecule has 4 nitrogen and oxygen atoms in total. The molecule has 102 valence electrons. The molecule has 19 heavy (non-hydrogen) atoms. The molecule has 2 rings (SSSR count). The Morgan fingerprint density at radius 3 is 2.79 bits per heavy atom. The van der Waals surface area contributed by atoms with Crippen LogP contribution in [-0.2, 0) is 16.6 Å². The first-order valence-electron chi connectivity index (χ1n) is 5.84. The summed E-state index contributed by atoms with van der Waals surface area (Å²) < 4.78 is 22.5. The fraction of sp³-hybridized carbons (Fsp3) is 0.231. The molecule has 1 aromatic heterocycles. The number of benzene rings is 1. The van der Waals surface area contributed by atoms with Gasteiger partial charge in [0.1, 0.15) is 0 Å². The minimum Gasteiger partial charge on any atom is -0.306 e. The Balaban J connectivity index is 2.04. The van der Waals surface area contributed by atoms with Gasteiger partial charge in [-0.2, -0.15) is 11.3 Å². The van der Waals surface area contributed by atoms with Crippen molar-refractivity contribution in [1.82, 2.24) is 5.32 Å². The second-order valence-electron chi connectivity index (χ2n) is 4.35. The van der Waals surface area contributed by atoms with Crippen molar-refractivity contribution < 1.29 is 8.42 Å². The summed E-state index contributed by atoms with van der Waals surface area (Å²) in [6.45, 7) is 2.67. The Morgan fingerprint density at radius 1 is 1.37 bits per heavy atom. The van der Waals surface area contributed by atoms with Gasteiger partial charge in [-0.05, 0) is 47.0 Å². The molecule has 0 saturated heterocycles. The van der Waals surface area contributed by atoms with Crippen LogP contribution in [0.4, 0.5) is 0 Å². The van der Waals surface area contributed by atoms with Gasteiger partial charge < -0.3 is 5.32 Å². The van der Waals surface area contributed by atoms with Gasteiger partial charge in [0.2, 0.25) is 10.0 Å². The Morgan fingerprint density at radius 2 is 2.16 bits per heavy atom. The van der Waals surface area contributed by atoms with Crippen LogP contribution in [0.15, 0.2) is 46.0 Å². The van der Waals surface area contributed by atoms with Crippen molar-refractivity contribution in [3.8, 4) is 0 Å². The summed E-state index contributed by atoms with van der Waals surface area (Å²) in [4.78, 5) is 0.148. The van der Waals surface area contributed by atoms with Gasteiger partial charge in [0, 0.05) is 12.6 Å². The van der Waals surface area contributed by atoms with Crippen LogP contribution in [-0.4, -0.2) is 8.42 Å². The van der Waals surface area contributed by atoms with Crippen molar-refractivity contribution in [2.24, 2.45) is 5.14 Å². The monoisotopic (exact) mass is 296 g/mol. The van der Waals surface area contributed by atoms with E-state index in [2.05, 4.69) is 23.7 Å². The lowest BCUT2D eigenvalue weighted by Crippen LogP contribution is -2.18. The van der Waals surface area contributed by atoms with Gasteiger partial charge in [-0.1, -0.05) is 12.1 Å². The summed E-state index contributed by atoms with van der Waals surface area (Å²) in [5.41, 5.74) is 2.13. The zero-order valence-corrected chi connectivity index (χ0v) is 12.2. The van der Waals surface area contributed by atoms with Crippen LogP contribution in [0.1, 0.15) is 24.1 Å². The molecule has 2 aromatic rings. The van der Waals surface area contributed by atoms with Crippen LogP contribution in [0, 0.1) is 0 Å². The summed E-state index contributed by atoms with van der Waals surface area (Å²) in [7, 11) is -3.63. The standard InChI is InChI=1S/C13H16N2O2S2/c1-10(12-5-6-18-9-12)15-8-11-3-2-4-13(7-11)19(14,16)17/h2-7,9-10,15H,8H2,1H3,(H2,14,16,17). The van der Waals surface area contributed by atoms with Gasteiger partial charge in [0.25, 0.3) is 0 Å². The topological polar surface area (TPSA) is 72.2 Å². The Bertz CT molecular complexity index is 636. The van der Waals surface area contributed by atoms with Gasteiger partial charge in [0.15, 0.2) is 0 Å². The average Bonchev–Trinajstić information content (AvgIpc) is 2.89. The molecule has 0 aliphatic heterocycles. The molecule has 0 bridgehead atoms. The lowest BCUT2D eigenvalue weighted by Gasteiger charge is -2.12. The van der Waals surface area contributed by atoms with Gasteiger partial charge in [-0.3, -0.25) is 0 Å². The summed E-state index contributed by atoms with van der Waals surface area (Å²) in [5, 5.41) is 12.6. The van der Waals surface area contributed by atoms with E-state index in [0.29, 0.717) is 6.54 Å². The van der Waals surface area contributed by atoms with Crippen LogP contribution >= 0.6 is 11.3 Å². The second-order valence-corrected chi connectivity index (χ2v) is 6.69. The molecular formula is C13H16N2O2S2. The number of sulfonamides is 1. The maximum Gasteiger partial charge on any atom is 0.238 e. The predicted octanol–water partition coefficient (Wildman–Crippen LogP) is 2.25. The highest BCUT2D eigenvalue weighted by Crippen LogP contribution is 2.16. The first kappa shape index (κ1) is 14.2. The zero-order chi connectivity index (χ0) is 13.9. The summed E-state index contributed by atoms with van der Waals surface area (Å²) in [6.07, 6.45) is 0. The molecule has 1 atom stereocenters. The SMILES string of the molecule is CC(NCc1cccc(S(N)(=O)=O)c1)c1ccsc1. The number of hydrogen-bond donors (Lipinski definition) is 2. The van der Waals surface area contributed by atoms with E-state index < -0.39 is 10.0 Å². The molecule has 1 heterocycles. The fourth-order valence-electron chi connectivity index (χ4n) is 1.74. The fourth-order valence-corrected chi connectivity index (χ4v) is 3.08. The van der Waals surface area contributed by atoms with Crippen molar-refractivity contribution >= 4 is 21.4 Å². The molecular weight excluding hydrogens is 280 g/mol. The summed E-state index contributed by atoms with van der Waals surface area (Å²) >= 11 is 1.66. The molecule has 6 heteroatoms. The molecule has 0 spiro atoms. The van der Waals surface area contributed by atoms with E-state index in [-0.39, 0.29) is 10.9 Å². The number of nitrogens with one attached hydrogen (secondary N) is 1. The minimum absolute atomic E-state index is 0.148. The molecule has 3 N–H and O–H groups in total. The number of thiophene rings is 1. The third-order valence-electron chi connectivity index (χ3n) is 2.88. The number of primary sulfonamides is 1. The molecule has 1 aromatic carbocycles. The molecule has 1 unspecified atom stereocenters. The van der Waals surface area contributed by atoms with E-state index in [1.165, 1.54) is 11.6 Å². The molecule has 0 amide bonds. The number of rotatable bonds is 5. The normalized spacial score (nSPS) is 13.4. The van der Waals surface area contributed by atoms with E-state index in [0.717, 1.165) is 5.56 Å². The smallest absolute Gasteiger partial charge is 0.238 e. The van der Waals surface area contributed by atoms with Gasteiger partial charge in [-0.15, -0.1) is 0 Å². The molecule has 0 radical (unpaired) electrons. The zero-order valence-electron chi connectivity index (χ0n) is 10.5. The largest absolute Gasteiger partial charge is 0.306 e. The van der Waals surface area contributed by atoms with E-state index in [4.69, 9.17) is 5.14 Å². The molecule has 0 aliphatic rings. The lowest BCUT2D eigenvalue weighted by molar-refractivity contribution is 0.575. The van der Waals surface area contributed by atoms with Gasteiger partial charge >= 0.3 is 0 Å². The third kappa shape index (κ3) is 3.87. The summed E-state index contributed by atoms with van der Waals surface area (Å²) in [6, 6.07) is 8.98. The first-order valence-corrected chi connectivity index (χ1v) is 8.33. The van der Waals surface area contributed by atoms with Gasteiger partial charge in [-0.25, -0.2) is 13.6 Å². The number of nitrogens with two attached hydrogens (primary N) is 1. The Kier molecular flexibility index (Phi) is 4.36. The maximum absolute atomic E-state index is 11.3. The van der Waals surface area contributed by atoms with Crippen molar-refractivity contribution in [3.05, 3.63) is 52.2 Å². The van der Waals surface area contributed by atoms with E-state index in [1.54, 1.807) is 23.5 Å². The highest BCUT2D eigenvalue weighted by molar-refractivity contribution is 7.89. The second kappa shape index (κ2) is 5.83. The van der Waals surface area contributed by atoms with Crippen LogP contribution in [0.2, 0.25) is 0 Å². The quantitative estimate of drug-likeness (QED) is 0.889. The average molecular weight is 296 g/mol. The predicted molar refractivity (Wildman–Crippen MR) is 77.4 cm³/mol. The van der Waals surface area contributed by atoms with Crippen LogP contribution in [0.5, 0.6) is 0 Å². The Labute approximate surface area is 117 Å². The van der Waals surface area contributed by atoms with Crippen molar-refractivity contribution in [3.63, 3.8) is 0 Å². The van der Waals surface area contributed by atoms with Gasteiger partial charge in [0.05, 0.1) is 4.90 Å². The van der Waals surface area contributed by atoms with Crippen LogP contribution in [0.3, 0.4) is 0 Å². The molecule has 0 saturated carbocycles. The van der Waals surface area contributed by atoms with Crippen molar-refractivity contribution in [2.45, 2.75) is 24.4 Å². The highest BCUT2D eigenvalue weighted by atomic mass is 32.2. The first-order chi connectivity index (χ1) is 8.97. The van der Waals surface area contributed by atoms with E-state index >= 15 is 0 Å². The number of hydrogen-bond acceptors (Lipinski definition) is 4. The van der Waals surface area contributed by atoms with Crippen LogP contribution < -0.4 is 10.5 Å². The van der Waals surface area contributed by atoms with Crippen molar-refractivity contribution in [1.29, 1.82) is 0 Å². The van der Waals surface area contributed by atoms with Crippen LogP contribution in [0.25, 0.3) is 0 Å². The lowest BCUT2D eigenvalue weighted by atomic mass is 10.1. The maximum atomic E-state index is 11.3. The minimum atomic E-state index is -3.63. The van der Waals surface area contributed by atoms with E-state index in [1.807, 2.05) is 11.4 Å². The molecule has 0 aliphatic carbocycles. The van der Waals surface area contributed by atoms with E-state index in [9.17, 15) is 8.42 Å². The highest BCUT2D eigenvalue weighted by Gasteiger charge is 2.09. The Hall–Kier alpha value is -1.21. The summed E-state index contributed by atoms with van der Waals surface area (Å²) in [5.74, 6) is 0. The molecule has 0 fully saturated rings. The van der Waals surface area contributed by atoms with Crippen molar-refractivity contribution in [2.75, 3.05) is 0 Å². The third-order valence-corrected chi connectivity index (χ3v) is 4.50.